The molecule has 3 heterocycles. The van der Waals surface area contributed by atoms with Crippen LogP contribution in [0.5, 0.6) is 5.75 Å². The minimum absolute atomic E-state index is 0.194. The number of rotatable bonds is 9. The first-order valence-electron chi connectivity index (χ1n) is 12.3. The average molecular weight is 519 g/mol. The Morgan fingerprint density at radius 3 is 2.41 bits per heavy atom. The summed E-state index contributed by atoms with van der Waals surface area (Å²) in [5.74, 6) is 0.375. The Hall–Kier alpha value is -3.66. The second-order valence-corrected chi connectivity index (χ2v) is 9.83. The quantitative estimate of drug-likeness (QED) is 0.362. The number of anilines is 1. The third-order valence-corrected chi connectivity index (χ3v) is 7.33. The smallest absolute Gasteiger partial charge is 0.329 e. The first kappa shape index (κ1) is 25.0. The van der Waals surface area contributed by atoms with Gasteiger partial charge in [0.1, 0.15) is 11.4 Å². The molecular weight excluding hydrogens is 488 g/mol. The predicted octanol–water partition coefficient (Wildman–Crippen LogP) is 4.02. The van der Waals surface area contributed by atoms with Crippen molar-refractivity contribution in [3.05, 3.63) is 93.2 Å². The van der Waals surface area contributed by atoms with E-state index in [4.69, 9.17) is 9.47 Å². The van der Waals surface area contributed by atoms with Gasteiger partial charge >= 0.3 is 5.69 Å². The zero-order chi connectivity index (χ0) is 25.6. The maximum Gasteiger partial charge on any atom is 0.329 e. The number of imidazole rings is 1. The average Bonchev–Trinajstić information content (AvgIpc) is 3.55. The van der Waals surface area contributed by atoms with Crippen LogP contribution in [0.15, 0.2) is 76.9 Å². The van der Waals surface area contributed by atoms with Crippen LogP contribution in [0.25, 0.3) is 11.3 Å². The third kappa shape index (κ3) is 5.69. The van der Waals surface area contributed by atoms with Crippen LogP contribution < -0.4 is 15.7 Å². The summed E-state index contributed by atoms with van der Waals surface area (Å²) in [6, 6.07) is 20.8. The number of hydrogen-bond donors (Lipinski definition) is 1. The van der Waals surface area contributed by atoms with Gasteiger partial charge in [0.15, 0.2) is 0 Å². The van der Waals surface area contributed by atoms with Crippen molar-refractivity contribution in [2.75, 3.05) is 45.3 Å². The number of methoxy groups -OCH3 is 1. The summed E-state index contributed by atoms with van der Waals surface area (Å²) < 4.78 is 14.1. The topological polar surface area (TPSA) is 77.7 Å². The van der Waals surface area contributed by atoms with Gasteiger partial charge in [0.25, 0.3) is 5.91 Å². The fourth-order valence-electron chi connectivity index (χ4n) is 4.55. The van der Waals surface area contributed by atoms with E-state index < -0.39 is 0 Å². The standard InChI is InChI=1S/C28H30N4O4S/c1-35-23-11-9-22(10-12-23)29-27(33)26-25(21-6-3-2-4-7-21)32(20-24-8-5-19-37-24)28(34)31(26)14-13-30-15-17-36-18-16-30/h2-12,19H,13-18,20H2,1H3,(H,29,33). The molecule has 8 nitrogen and oxygen atoms in total. The van der Waals surface area contributed by atoms with Crippen molar-refractivity contribution in [3.63, 3.8) is 0 Å². The molecule has 0 unspecified atom stereocenters. The van der Waals surface area contributed by atoms with Crippen molar-refractivity contribution >= 4 is 22.9 Å². The molecular formula is C28H30N4O4S. The summed E-state index contributed by atoms with van der Waals surface area (Å²) >= 11 is 1.59. The summed E-state index contributed by atoms with van der Waals surface area (Å²) in [6.45, 7) is 4.43. The van der Waals surface area contributed by atoms with Crippen LogP contribution in [0.3, 0.4) is 0 Å². The number of amides is 1. The fraction of sp³-hybridized carbons (Fsp3) is 0.286. The van der Waals surface area contributed by atoms with Crippen molar-refractivity contribution in [1.82, 2.24) is 14.0 Å². The molecule has 1 amide bonds. The Bertz CT molecular complexity index is 1370. The van der Waals surface area contributed by atoms with Crippen LogP contribution in [0.2, 0.25) is 0 Å². The number of thiophene rings is 1. The molecule has 4 aromatic rings. The highest BCUT2D eigenvalue weighted by atomic mass is 32.1. The summed E-state index contributed by atoms with van der Waals surface area (Å²) in [5.41, 5.74) is 2.23. The van der Waals surface area contributed by atoms with Gasteiger partial charge in [-0.05, 0) is 35.7 Å². The molecule has 0 radical (unpaired) electrons. The minimum atomic E-state index is -0.326. The fourth-order valence-corrected chi connectivity index (χ4v) is 5.25. The lowest BCUT2D eigenvalue weighted by Gasteiger charge is -2.26. The number of ether oxygens (including phenoxy) is 2. The molecule has 0 aliphatic carbocycles. The van der Waals surface area contributed by atoms with E-state index in [9.17, 15) is 9.59 Å². The van der Waals surface area contributed by atoms with E-state index in [-0.39, 0.29) is 11.6 Å². The van der Waals surface area contributed by atoms with Crippen LogP contribution in [0.1, 0.15) is 15.4 Å². The zero-order valence-electron chi connectivity index (χ0n) is 20.8. The number of morpholine rings is 1. The van der Waals surface area contributed by atoms with Crippen LogP contribution >= 0.6 is 11.3 Å². The Labute approximate surface area is 219 Å². The van der Waals surface area contributed by atoms with Gasteiger partial charge in [0.05, 0.1) is 32.6 Å². The van der Waals surface area contributed by atoms with Gasteiger partial charge in [-0.25, -0.2) is 4.79 Å². The van der Waals surface area contributed by atoms with Gasteiger partial charge in [-0.1, -0.05) is 36.4 Å². The maximum absolute atomic E-state index is 13.9. The lowest BCUT2D eigenvalue weighted by atomic mass is 10.1. The van der Waals surface area contributed by atoms with E-state index in [1.165, 1.54) is 0 Å². The molecule has 5 rings (SSSR count). The van der Waals surface area contributed by atoms with Gasteiger partial charge in [0.2, 0.25) is 0 Å². The molecule has 2 aromatic heterocycles. The molecule has 0 saturated carbocycles. The van der Waals surface area contributed by atoms with Gasteiger partial charge in [-0.2, -0.15) is 0 Å². The summed E-state index contributed by atoms with van der Waals surface area (Å²) in [4.78, 5) is 31.1. The number of benzene rings is 2. The molecule has 0 atom stereocenters. The third-order valence-electron chi connectivity index (χ3n) is 6.47. The molecule has 1 saturated heterocycles. The number of carbonyl (C=O) groups is 1. The lowest BCUT2D eigenvalue weighted by Crippen LogP contribution is -2.40. The van der Waals surface area contributed by atoms with Crippen LogP contribution in [0, 0.1) is 0 Å². The van der Waals surface area contributed by atoms with Crippen LogP contribution in [-0.4, -0.2) is 59.9 Å². The number of aromatic nitrogens is 2. The first-order valence-corrected chi connectivity index (χ1v) is 13.2. The van der Waals surface area contributed by atoms with Crippen molar-refractivity contribution in [2.24, 2.45) is 0 Å². The van der Waals surface area contributed by atoms with Crippen LogP contribution in [-0.2, 0) is 17.8 Å². The Morgan fingerprint density at radius 1 is 0.973 bits per heavy atom. The van der Waals surface area contributed by atoms with Gasteiger partial charge < -0.3 is 14.8 Å². The second kappa shape index (κ2) is 11.6. The van der Waals surface area contributed by atoms with Crippen molar-refractivity contribution in [2.45, 2.75) is 13.1 Å². The highest BCUT2D eigenvalue weighted by Crippen LogP contribution is 2.26. The summed E-state index contributed by atoms with van der Waals surface area (Å²) in [7, 11) is 1.60. The van der Waals surface area contributed by atoms with Gasteiger partial charge in [-0.3, -0.25) is 18.8 Å². The largest absolute Gasteiger partial charge is 0.497 e. The van der Waals surface area contributed by atoms with E-state index >= 15 is 0 Å². The monoisotopic (exact) mass is 518 g/mol. The molecule has 2 aromatic carbocycles. The molecule has 9 heteroatoms. The second-order valence-electron chi connectivity index (χ2n) is 8.80. The van der Waals surface area contributed by atoms with E-state index in [1.54, 1.807) is 51.8 Å². The molecule has 192 valence electrons. The number of hydrogen-bond acceptors (Lipinski definition) is 6. The molecule has 0 bridgehead atoms. The SMILES string of the molecule is COc1ccc(NC(=O)c2c(-c3ccccc3)n(Cc3cccs3)c(=O)n2CCN2CCOCC2)cc1. The van der Waals surface area contributed by atoms with E-state index in [1.807, 2.05) is 47.8 Å². The summed E-state index contributed by atoms with van der Waals surface area (Å²) in [5, 5.41) is 4.99. The molecule has 0 spiro atoms. The maximum atomic E-state index is 13.9. The van der Waals surface area contributed by atoms with Crippen molar-refractivity contribution in [1.29, 1.82) is 0 Å². The van der Waals surface area contributed by atoms with E-state index in [0.717, 1.165) is 23.5 Å². The van der Waals surface area contributed by atoms with Crippen LogP contribution in [0.4, 0.5) is 5.69 Å². The number of nitrogens with one attached hydrogen (secondary N) is 1. The Morgan fingerprint density at radius 2 is 1.73 bits per heavy atom. The zero-order valence-corrected chi connectivity index (χ0v) is 21.6. The van der Waals surface area contributed by atoms with Crippen molar-refractivity contribution < 1.29 is 14.3 Å². The number of carbonyl (C=O) groups excluding carboxylic acids is 1. The lowest BCUT2D eigenvalue weighted by molar-refractivity contribution is 0.0361. The molecule has 1 aliphatic rings. The molecule has 1 aliphatic heterocycles. The normalized spacial score (nSPS) is 14.0. The molecule has 37 heavy (non-hydrogen) atoms. The van der Waals surface area contributed by atoms with E-state index in [0.29, 0.717) is 55.7 Å². The highest BCUT2D eigenvalue weighted by molar-refractivity contribution is 7.09. The van der Waals surface area contributed by atoms with Crippen molar-refractivity contribution in [3.8, 4) is 17.0 Å². The first-order chi connectivity index (χ1) is 18.1. The molecule has 1 fully saturated rings. The minimum Gasteiger partial charge on any atom is -0.497 e. The number of nitrogens with zero attached hydrogens (tertiary/aromatic N) is 3. The van der Waals surface area contributed by atoms with Gasteiger partial charge in [0, 0.05) is 42.3 Å². The Balaban J connectivity index is 1.58. The Kier molecular flexibility index (Phi) is 7.84. The molecule has 1 N–H and O–H groups in total. The van der Waals surface area contributed by atoms with Gasteiger partial charge in [-0.15, -0.1) is 11.3 Å². The summed E-state index contributed by atoms with van der Waals surface area (Å²) in [6.07, 6.45) is 0. The predicted molar refractivity (Wildman–Crippen MR) is 146 cm³/mol. The van der Waals surface area contributed by atoms with E-state index in [2.05, 4.69) is 10.2 Å². The highest BCUT2D eigenvalue weighted by Gasteiger charge is 2.27.